The maximum atomic E-state index is 13.9. The van der Waals surface area contributed by atoms with Gasteiger partial charge in [-0.2, -0.15) is 0 Å². The van der Waals surface area contributed by atoms with Crippen molar-refractivity contribution < 1.29 is 4.79 Å². The fourth-order valence-corrected chi connectivity index (χ4v) is 6.09. The van der Waals surface area contributed by atoms with E-state index in [4.69, 9.17) is 4.98 Å². The lowest BCUT2D eigenvalue weighted by atomic mass is 10.0. The lowest BCUT2D eigenvalue weighted by Crippen LogP contribution is -2.34. The van der Waals surface area contributed by atoms with E-state index in [9.17, 15) is 4.79 Å². The molecule has 1 aromatic heterocycles. The minimum Gasteiger partial charge on any atom is -0.278 e. The van der Waals surface area contributed by atoms with E-state index < -0.39 is 5.25 Å². The number of nitrogens with zero attached hydrogens (tertiary/aromatic N) is 4. The molecule has 1 aliphatic rings. The van der Waals surface area contributed by atoms with Crippen LogP contribution in [0.1, 0.15) is 6.92 Å². The molecular formula is C30H22N4OS2. The summed E-state index contributed by atoms with van der Waals surface area (Å²) >= 11 is 3.01. The molecule has 6 rings (SSSR count). The highest BCUT2D eigenvalue weighted by Crippen LogP contribution is 2.48. The van der Waals surface area contributed by atoms with Crippen molar-refractivity contribution in [3.05, 3.63) is 109 Å². The summed E-state index contributed by atoms with van der Waals surface area (Å²) in [5.41, 5.74) is 5.15. The number of hydrogen-bond donors (Lipinski definition) is 0. The molecule has 37 heavy (non-hydrogen) atoms. The fraction of sp³-hybridized carbons (Fsp3) is 0.0667. The molecule has 0 aliphatic carbocycles. The molecule has 0 N–H and O–H groups in total. The summed E-state index contributed by atoms with van der Waals surface area (Å²) < 4.78 is 0. The summed E-state index contributed by atoms with van der Waals surface area (Å²) in [6.07, 6.45) is 0. The molecule has 0 bridgehead atoms. The third kappa shape index (κ3) is 4.63. The number of hydrogen-bond acceptors (Lipinski definition) is 6. The minimum absolute atomic E-state index is 0.0257. The van der Waals surface area contributed by atoms with Crippen molar-refractivity contribution in [2.24, 2.45) is 0 Å². The molecule has 0 saturated heterocycles. The number of para-hydroxylation sites is 2. The molecule has 0 radical (unpaired) electrons. The van der Waals surface area contributed by atoms with Crippen LogP contribution in [-0.4, -0.2) is 26.3 Å². The van der Waals surface area contributed by atoms with Crippen LogP contribution in [0.4, 0.5) is 11.4 Å². The Morgan fingerprint density at radius 2 is 1.22 bits per heavy atom. The summed E-state index contributed by atoms with van der Waals surface area (Å²) in [6.45, 7) is 1.90. The average Bonchev–Trinajstić information content (AvgIpc) is 2.96. The van der Waals surface area contributed by atoms with Crippen molar-refractivity contribution in [1.82, 2.24) is 15.2 Å². The second kappa shape index (κ2) is 10.2. The van der Waals surface area contributed by atoms with Crippen LogP contribution in [-0.2, 0) is 4.79 Å². The van der Waals surface area contributed by atoms with Crippen LogP contribution in [0.3, 0.4) is 0 Å². The third-order valence-electron chi connectivity index (χ3n) is 6.04. The van der Waals surface area contributed by atoms with Crippen LogP contribution in [0, 0.1) is 0 Å². The van der Waals surface area contributed by atoms with Gasteiger partial charge < -0.3 is 0 Å². The molecule has 1 atom stereocenters. The number of carbonyl (C=O) groups excluding carboxylic acids is 1. The predicted octanol–water partition coefficient (Wildman–Crippen LogP) is 7.52. The van der Waals surface area contributed by atoms with Crippen molar-refractivity contribution in [2.45, 2.75) is 27.1 Å². The molecule has 7 heteroatoms. The third-order valence-corrected chi connectivity index (χ3v) is 8.11. The summed E-state index contributed by atoms with van der Waals surface area (Å²) in [7, 11) is 0. The number of fused-ring (bicyclic) bond motifs is 2. The normalized spacial score (nSPS) is 12.9. The summed E-state index contributed by atoms with van der Waals surface area (Å²) in [4.78, 5) is 22.7. The minimum atomic E-state index is -0.433. The maximum Gasteiger partial charge on any atom is 0.244 e. The first kappa shape index (κ1) is 23.5. The Hall–Kier alpha value is -3.94. The maximum absolute atomic E-state index is 13.9. The largest absolute Gasteiger partial charge is 0.278 e. The number of thioether (sulfide) groups is 1. The highest BCUT2D eigenvalue weighted by atomic mass is 32.2. The second-order valence-electron chi connectivity index (χ2n) is 8.49. The lowest BCUT2D eigenvalue weighted by molar-refractivity contribution is -0.117. The van der Waals surface area contributed by atoms with E-state index in [-0.39, 0.29) is 5.91 Å². The van der Waals surface area contributed by atoms with Gasteiger partial charge in [0, 0.05) is 20.9 Å². The van der Waals surface area contributed by atoms with Crippen molar-refractivity contribution in [2.75, 3.05) is 4.90 Å². The number of rotatable bonds is 5. The fourth-order valence-electron chi connectivity index (χ4n) is 4.28. The van der Waals surface area contributed by atoms with Gasteiger partial charge in [0.15, 0.2) is 0 Å². The van der Waals surface area contributed by atoms with Crippen LogP contribution in [0.15, 0.2) is 124 Å². The van der Waals surface area contributed by atoms with Crippen molar-refractivity contribution >= 4 is 40.8 Å². The zero-order valence-corrected chi connectivity index (χ0v) is 21.6. The summed E-state index contributed by atoms with van der Waals surface area (Å²) in [5, 5.41) is 9.02. The van der Waals surface area contributed by atoms with Crippen molar-refractivity contribution in [3.63, 3.8) is 0 Å². The Morgan fingerprint density at radius 1 is 0.703 bits per heavy atom. The molecule has 2 heterocycles. The van der Waals surface area contributed by atoms with Gasteiger partial charge in [-0.15, -0.1) is 10.2 Å². The summed E-state index contributed by atoms with van der Waals surface area (Å²) in [5.74, 6) is -0.0257. The molecule has 180 valence electrons. The van der Waals surface area contributed by atoms with Gasteiger partial charge in [0.05, 0.1) is 16.6 Å². The molecule has 1 unspecified atom stereocenters. The molecule has 1 aliphatic heterocycles. The highest BCUT2D eigenvalue weighted by Gasteiger charge is 2.31. The number of aromatic nitrogens is 3. The van der Waals surface area contributed by atoms with Crippen LogP contribution in [0.25, 0.3) is 22.5 Å². The van der Waals surface area contributed by atoms with Crippen LogP contribution in [0.5, 0.6) is 0 Å². The van der Waals surface area contributed by atoms with Crippen LogP contribution in [0.2, 0.25) is 0 Å². The lowest BCUT2D eigenvalue weighted by Gasteiger charge is -2.32. The molecule has 4 aromatic carbocycles. The second-order valence-corrected chi connectivity index (χ2v) is 10.9. The standard InChI is InChI=1S/C30H22N4OS2/c1-20(29(35)34-23-16-8-10-18-25(23)37-26-19-11-9-17-24(26)34)36-30-31-27(21-12-4-2-5-13-21)28(32-33-30)22-14-6-3-7-15-22/h2-20H,1H3. The molecule has 5 nitrogen and oxygen atoms in total. The Bertz CT molecular complexity index is 1530. The molecule has 5 aromatic rings. The Morgan fingerprint density at radius 3 is 1.81 bits per heavy atom. The molecule has 0 saturated carbocycles. The Kier molecular flexibility index (Phi) is 6.47. The Labute approximate surface area is 224 Å². The van der Waals surface area contributed by atoms with Gasteiger partial charge in [-0.05, 0) is 31.2 Å². The first-order valence-electron chi connectivity index (χ1n) is 11.9. The Balaban J connectivity index is 1.34. The van der Waals surface area contributed by atoms with E-state index in [1.165, 1.54) is 11.8 Å². The van der Waals surface area contributed by atoms with E-state index in [1.807, 2.05) is 109 Å². The van der Waals surface area contributed by atoms with Crippen molar-refractivity contribution in [1.29, 1.82) is 0 Å². The van der Waals surface area contributed by atoms with Crippen LogP contribution < -0.4 is 4.90 Å². The van der Waals surface area contributed by atoms with Crippen molar-refractivity contribution in [3.8, 4) is 22.5 Å². The first-order chi connectivity index (χ1) is 18.2. The van der Waals surface area contributed by atoms with E-state index in [2.05, 4.69) is 22.3 Å². The monoisotopic (exact) mass is 518 g/mol. The zero-order chi connectivity index (χ0) is 25.2. The van der Waals surface area contributed by atoms with Gasteiger partial charge in [-0.1, -0.05) is 108 Å². The zero-order valence-electron chi connectivity index (χ0n) is 20.0. The SMILES string of the molecule is CC(Sc1nnc(-c2ccccc2)c(-c2ccccc2)n1)C(=O)N1c2ccccc2Sc2ccccc21. The van der Waals surface area contributed by atoms with Gasteiger partial charge in [-0.3, -0.25) is 9.69 Å². The summed E-state index contributed by atoms with van der Waals surface area (Å²) in [6, 6.07) is 35.9. The van der Waals surface area contributed by atoms with Gasteiger partial charge in [0.25, 0.3) is 0 Å². The number of amides is 1. The van der Waals surface area contributed by atoms with E-state index in [0.717, 1.165) is 38.0 Å². The van der Waals surface area contributed by atoms with Crippen LogP contribution >= 0.6 is 23.5 Å². The van der Waals surface area contributed by atoms with E-state index in [0.29, 0.717) is 10.9 Å². The van der Waals surface area contributed by atoms with Gasteiger partial charge in [-0.25, -0.2) is 4.98 Å². The van der Waals surface area contributed by atoms with E-state index >= 15 is 0 Å². The number of anilines is 2. The number of benzene rings is 4. The van der Waals surface area contributed by atoms with Gasteiger partial charge in [0.2, 0.25) is 11.1 Å². The van der Waals surface area contributed by atoms with Gasteiger partial charge in [0.1, 0.15) is 11.4 Å². The first-order valence-corrected chi connectivity index (χ1v) is 13.6. The molecule has 0 spiro atoms. The highest BCUT2D eigenvalue weighted by molar-refractivity contribution is 8.00. The average molecular weight is 519 g/mol. The quantitative estimate of drug-likeness (QED) is 0.224. The smallest absolute Gasteiger partial charge is 0.244 e. The number of carbonyl (C=O) groups is 1. The predicted molar refractivity (Wildman–Crippen MR) is 150 cm³/mol. The van der Waals surface area contributed by atoms with Gasteiger partial charge >= 0.3 is 0 Å². The van der Waals surface area contributed by atoms with E-state index in [1.54, 1.807) is 11.8 Å². The molecular weight excluding hydrogens is 496 g/mol. The molecule has 0 fully saturated rings. The molecule has 1 amide bonds. The topological polar surface area (TPSA) is 59.0 Å².